The molecule has 2 bridgehead atoms. The molecule has 3 aliphatic carbocycles. The molecule has 2 aromatic rings. The van der Waals surface area contributed by atoms with Crippen molar-refractivity contribution in [2.75, 3.05) is 19.8 Å². The summed E-state index contributed by atoms with van der Waals surface area (Å²) >= 11 is 5.65. The summed E-state index contributed by atoms with van der Waals surface area (Å²) in [6.07, 6.45) is 2.27. The Kier molecular flexibility index (Phi) is 5.33. The van der Waals surface area contributed by atoms with Gasteiger partial charge in [-0.3, -0.25) is 9.59 Å². The molecule has 0 saturated heterocycles. The molecule has 7 nitrogen and oxygen atoms in total. The molecule has 0 aromatic heterocycles. The minimum Gasteiger partial charge on any atom is -0.486 e. The smallest absolute Gasteiger partial charge is 0.258 e. The topological polar surface area (TPSA) is 85.9 Å². The van der Waals surface area contributed by atoms with Gasteiger partial charge in [-0.25, -0.2) is 4.39 Å². The number of fused-ring (bicyclic) bond motifs is 2. The van der Waals surface area contributed by atoms with Crippen LogP contribution in [0.2, 0.25) is 5.02 Å². The highest BCUT2D eigenvalue weighted by atomic mass is 35.5. The SMILES string of the molecule is O=C(COc1ccc(Cl)c(F)c1)NC12CC(C1)[C@@H](NC(=O)c1ccc3c(c1)OCCO3)C2. The lowest BCUT2D eigenvalue weighted by Gasteiger charge is -2.39. The van der Waals surface area contributed by atoms with Crippen LogP contribution in [0, 0.1) is 11.7 Å². The number of hydrogen-bond acceptors (Lipinski definition) is 5. The monoisotopic (exact) mass is 460 g/mol. The first-order valence-electron chi connectivity index (χ1n) is 10.5. The van der Waals surface area contributed by atoms with Crippen LogP contribution in [0.5, 0.6) is 17.2 Å². The molecule has 4 aliphatic rings. The van der Waals surface area contributed by atoms with Gasteiger partial charge in [0.2, 0.25) is 0 Å². The number of halogens is 2. The van der Waals surface area contributed by atoms with Crippen LogP contribution in [0.3, 0.4) is 0 Å². The third kappa shape index (κ3) is 4.07. The molecule has 0 radical (unpaired) electrons. The van der Waals surface area contributed by atoms with Crippen LogP contribution >= 0.6 is 11.6 Å². The Morgan fingerprint density at radius 3 is 2.66 bits per heavy atom. The van der Waals surface area contributed by atoms with Crippen molar-refractivity contribution in [2.45, 2.75) is 30.8 Å². The summed E-state index contributed by atoms with van der Waals surface area (Å²) < 4.78 is 29.9. The van der Waals surface area contributed by atoms with Crippen molar-refractivity contribution >= 4 is 23.4 Å². The van der Waals surface area contributed by atoms with Gasteiger partial charge in [-0.1, -0.05) is 11.6 Å². The molecular formula is C23H22ClFN2O5. The van der Waals surface area contributed by atoms with E-state index in [4.69, 9.17) is 25.8 Å². The van der Waals surface area contributed by atoms with Gasteiger partial charge in [0.25, 0.3) is 11.8 Å². The summed E-state index contributed by atoms with van der Waals surface area (Å²) in [7, 11) is 0. The van der Waals surface area contributed by atoms with Crippen LogP contribution < -0.4 is 24.8 Å². The summed E-state index contributed by atoms with van der Waals surface area (Å²) in [5, 5.41) is 6.12. The molecule has 1 atom stereocenters. The predicted molar refractivity (Wildman–Crippen MR) is 114 cm³/mol. The zero-order valence-corrected chi connectivity index (χ0v) is 17.9. The fourth-order valence-corrected chi connectivity index (χ4v) is 4.91. The standard InChI is InChI=1S/C23H22ClFN2O5/c24-16-3-2-15(8-17(16)25)32-12-21(28)27-23-9-14(10-23)18(11-23)26-22(29)13-1-4-19-20(7-13)31-6-5-30-19/h1-4,7-8,14,18H,5-6,9-12H2,(H,26,29)(H,27,28)/t14?,18-,23?/m0/s1. The second-order valence-corrected chi connectivity index (χ2v) is 8.91. The minimum absolute atomic E-state index is 0.00325. The molecule has 3 saturated carbocycles. The lowest BCUT2D eigenvalue weighted by molar-refractivity contribution is -0.125. The minimum atomic E-state index is -0.600. The van der Waals surface area contributed by atoms with Gasteiger partial charge in [0.05, 0.1) is 5.02 Å². The van der Waals surface area contributed by atoms with Crippen molar-refractivity contribution in [3.63, 3.8) is 0 Å². The Labute approximate surface area is 189 Å². The van der Waals surface area contributed by atoms with Crippen LogP contribution in [0.1, 0.15) is 29.6 Å². The molecule has 6 rings (SSSR count). The highest BCUT2D eigenvalue weighted by Gasteiger charge is 2.57. The van der Waals surface area contributed by atoms with Gasteiger partial charge in [0.15, 0.2) is 18.1 Å². The zero-order chi connectivity index (χ0) is 22.3. The Hall–Kier alpha value is -3.00. The predicted octanol–water partition coefficient (Wildman–Crippen LogP) is 3.10. The Morgan fingerprint density at radius 1 is 1.09 bits per heavy atom. The Balaban J connectivity index is 1.13. The molecule has 0 unspecified atom stereocenters. The summed E-state index contributed by atoms with van der Waals surface area (Å²) in [5.41, 5.74) is 0.182. The van der Waals surface area contributed by atoms with Gasteiger partial charge >= 0.3 is 0 Å². The summed E-state index contributed by atoms with van der Waals surface area (Å²) in [6, 6.07) is 9.18. The van der Waals surface area contributed by atoms with Gasteiger partial charge in [0, 0.05) is 23.2 Å². The Bertz CT molecular complexity index is 1070. The third-order valence-electron chi connectivity index (χ3n) is 6.27. The number of ether oxygens (including phenoxy) is 3. The highest BCUT2D eigenvalue weighted by molar-refractivity contribution is 6.30. The zero-order valence-electron chi connectivity index (χ0n) is 17.2. The van der Waals surface area contributed by atoms with E-state index in [0.717, 1.165) is 18.9 Å². The average Bonchev–Trinajstić information content (AvgIpc) is 3.27. The van der Waals surface area contributed by atoms with E-state index >= 15 is 0 Å². The molecular weight excluding hydrogens is 439 g/mol. The largest absolute Gasteiger partial charge is 0.486 e. The van der Waals surface area contributed by atoms with Crippen molar-refractivity contribution in [3.05, 3.63) is 52.8 Å². The van der Waals surface area contributed by atoms with Crippen molar-refractivity contribution < 1.29 is 28.2 Å². The van der Waals surface area contributed by atoms with Crippen LogP contribution in [-0.2, 0) is 4.79 Å². The van der Waals surface area contributed by atoms with Crippen molar-refractivity contribution in [2.24, 2.45) is 5.92 Å². The van der Waals surface area contributed by atoms with E-state index in [1.807, 2.05) is 0 Å². The van der Waals surface area contributed by atoms with Crippen molar-refractivity contribution in [1.82, 2.24) is 10.6 Å². The van der Waals surface area contributed by atoms with E-state index in [1.54, 1.807) is 18.2 Å². The van der Waals surface area contributed by atoms with E-state index in [9.17, 15) is 14.0 Å². The second kappa shape index (κ2) is 8.16. The fourth-order valence-electron chi connectivity index (χ4n) is 4.79. The molecule has 1 heterocycles. The normalized spacial score (nSPS) is 24.9. The molecule has 3 fully saturated rings. The number of hydrogen-bond donors (Lipinski definition) is 2. The lowest BCUT2D eigenvalue weighted by atomic mass is 9.76. The molecule has 2 amide bonds. The second-order valence-electron chi connectivity index (χ2n) is 8.50. The van der Waals surface area contributed by atoms with Crippen LogP contribution in [-0.4, -0.2) is 43.2 Å². The number of benzene rings is 2. The van der Waals surface area contributed by atoms with Crippen molar-refractivity contribution in [1.29, 1.82) is 0 Å². The van der Waals surface area contributed by atoms with Gasteiger partial charge in [0.1, 0.15) is 24.8 Å². The number of amides is 2. The fraction of sp³-hybridized carbons (Fsp3) is 0.391. The molecule has 0 spiro atoms. The van der Waals surface area contributed by atoms with E-state index in [-0.39, 0.29) is 40.8 Å². The molecule has 1 aliphatic heterocycles. The van der Waals surface area contributed by atoms with E-state index in [1.165, 1.54) is 12.1 Å². The first kappa shape index (κ1) is 20.9. The number of carbonyl (C=O) groups excluding carboxylic acids is 2. The summed E-state index contributed by atoms with van der Waals surface area (Å²) in [4.78, 5) is 25.1. The summed E-state index contributed by atoms with van der Waals surface area (Å²) in [6.45, 7) is 0.737. The van der Waals surface area contributed by atoms with E-state index in [0.29, 0.717) is 42.6 Å². The average molecular weight is 461 g/mol. The first-order valence-corrected chi connectivity index (χ1v) is 10.9. The highest BCUT2D eigenvalue weighted by Crippen LogP contribution is 2.52. The lowest BCUT2D eigenvalue weighted by Crippen LogP contribution is -2.53. The number of nitrogens with one attached hydrogen (secondary N) is 2. The van der Waals surface area contributed by atoms with Crippen molar-refractivity contribution in [3.8, 4) is 17.2 Å². The molecule has 2 N–H and O–H groups in total. The van der Waals surface area contributed by atoms with Gasteiger partial charge in [-0.05, 0) is 55.5 Å². The maximum Gasteiger partial charge on any atom is 0.258 e. The van der Waals surface area contributed by atoms with Crippen LogP contribution in [0.15, 0.2) is 36.4 Å². The van der Waals surface area contributed by atoms with Crippen LogP contribution in [0.4, 0.5) is 4.39 Å². The molecule has 9 heteroatoms. The van der Waals surface area contributed by atoms with Gasteiger partial charge in [-0.2, -0.15) is 0 Å². The number of carbonyl (C=O) groups is 2. The number of rotatable bonds is 6. The molecule has 168 valence electrons. The molecule has 2 aromatic carbocycles. The maximum atomic E-state index is 13.5. The first-order chi connectivity index (χ1) is 15.4. The van der Waals surface area contributed by atoms with Crippen LogP contribution in [0.25, 0.3) is 0 Å². The van der Waals surface area contributed by atoms with E-state index in [2.05, 4.69) is 10.6 Å². The third-order valence-corrected chi connectivity index (χ3v) is 6.58. The van der Waals surface area contributed by atoms with Gasteiger partial charge < -0.3 is 24.8 Å². The summed E-state index contributed by atoms with van der Waals surface area (Å²) in [5.74, 6) is 0.721. The van der Waals surface area contributed by atoms with Gasteiger partial charge in [-0.15, -0.1) is 0 Å². The quantitative estimate of drug-likeness (QED) is 0.692. The maximum absolute atomic E-state index is 13.5. The molecule has 32 heavy (non-hydrogen) atoms. The Morgan fingerprint density at radius 2 is 1.88 bits per heavy atom. The van der Waals surface area contributed by atoms with E-state index < -0.39 is 5.82 Å².